The van der Waals surface area contributed by atoms with Crippen LogP contribution >= 0.6 is 11.6 Å². The van der Waals surface area contributed by atoms with Gasteiger partial charge in [-0.05, 0) is 42.7 Å². The van der Waals surface area contributed by atoms with E-state index in [1.807, 2.05) is 28.8 Å². The largest absolute Gasteiger partial charge is 0.419 e. The van der Waals surface area contributed by atoms with Gasteiger partial charge in [0, 0.05) is 47.9 Å². The fourth-order valence-electron chi connectivity index (χ4n) is 4.38. The molecule has 1 saturated heterocycles. The van der Waals surface area contributed by atoms with Crippen molar-refractivity contribution in [2.24, 2.45) is 5.92 Å². The standard InChI is InChI=1S/C21H17ClN4O2/c22-16-6-4-14(5-7-16)20-24-17(9-23)21(28-20)25-10-13-8-15(12-25)18-2-1-3-19(27)26(18)11-13/h1-7,13,15H,8,10-12H2/t13-,15-/m0/s1. The maximum Gasteiger partial charge on any atom is 0.250 e. The summed E-state index contributed by atoms with van der Waals surface area (Å²) in [7, 11) is 0. The van der Waals surface area contributed by atoms with Crippen LogP contribution in [0, 0.1) is 17.2 Å². The third kappa shape index (κ3) is 2.79. The number of nitriles is 1. The summed E-state index contributed by atoms with van der Waals surface area (Å²) in [6.45, 7) is 2.13. The predicted molar refractivity (Wildman–Crippen MR) is 105 cm³/mol. The summed E-state index contributed by atoms with van der Waals surface area (Å²) in [4.78, 5) is 18.7. The van der Waals surface area contributed by atoms with Gasteiger partial charge in [0.1, 0.15) is 6.07 Å². The molecule has 0 N–H and O–H groups in total. The van der Waals surface area contributed by atoms with Crippen molar-refractivity contribution < 1.29 is 4.42 Å². The highest BCUT2D eigenvalue weighted by molar-refractivity contribution is 6.30. The van der Waals surface area contributed by atoms with Crippen LogP contribution in [0.2, 0.25) is 5.02 Å². The first kappa shape index (κ1) is 17.1. The Morgan fingerprint density at radius 1 is 1.14 bits per heavy atom. The van der Waals surface area contributed by atoms with Crippen LogP contribution in [-0.4, -0.2) is 22.6 Å². The van der Waals surface area contributed by atoms with Gasteiger partial charge in [-0.25, -0.2) is 0 Å². The molecule has 1 aromatic carbocycles. The number of anilines is 1. The van der Waals surface area contributed by atoms with Crippen molar-refractivity contribution in [3.63, 3.8) is 0 Å². The van der Waals surface area contributed by atoms with Crippen LogP contribution in [0.15, 0.2) is 51.7 Å². The molecule has 0 unspecified atom stereocenters. The average Bonchev–Trinajstić information content (AvgIpc) is 3.14. The zero-order chi connectivity index (χ0) is 19.3. The first-order valence-electron chi connectivity index (χ1n) is 9.24. The van der Waals surface area contributed by atoms with E-state index >= 15 is 0 Å². The number of hydrogen-bond acceptors (Lipinski definition) is 5. The second-order valence-electron chi connectivity index (χ2n) is 7.39. The number of hydrogen-bond donors (Lipinski definition) is 0. The summed E-state index contributed by atoms with van der Waals surface area (Å²) in [6.07, 6.45) is 1.04. The highest BCUT2D eigenvalue weighted by Gasteiger charge is 2.36. The van der Waals surface area contributed by atoms with E-state index in [2.05, 4.69) is 16.0 Å². The molecule has 2 aromatic heterocycles. The van der Waals surface area contributed by atoms with Gasteiger partial charge in [-0.15, -0.1) is 0 Å². The van der Waals surface area contributed by atoms with Crippen molar-refractivity contribution in [2.75, 3.05) is 18.0 Å². The summed E-state index contributed by atoms with van der Waals surface area (Å²) < 4.78 is 7.92. The van der Waals surface area contributed by atoms with E-state index in [4.69, 9.17) is 16.0 Å². The number of rotatable bonds is 2. The van der Waals surface area contributed by atoms with Gasteiger partial charge in [0.2, 0.25) is 17.5 Å². The van der Waals surface area contributed by atoms with Crippen molar-refractivity contribution in [3.05, 3.63) is 69.2 Å². The molecule has 3 aromatic rings. The second-order valence-corrected chi connectivity index (χ2v) is 7.83. The number of fused-ring (bicyclic) bond motifs is 4. The van der Waals surface area contributed by atoms with Gasteiger partial charge in [-0.2, -0.15) is 10.2 Å². The first-order valence-corrected chi connectivity index (χ1v) is 9.61. The molecule has 0 radical (unpaired) electrons. The minimum absolute atomic E-state index is 0.0584. The van der Waals surface area contributed by atoms with E-state index in [0.717, 1.165) is 24.2 Å². The third-order valence-electron chi connectivity index (χ3n) is 5.57. The maximum absolute atomic E-state index is 12.2. The molecule has 0 spiro atoms. The van der Waals surface area contributed by atoms with Crippen LogP contribution in [0.1, 0.15) is 23.7 Å². The van der Waals surface area contributed by atoms with Gasteiger partial charge in [-0.1, -0.05) is 17.7 Å². The zero-order valence-corrected chi connectivity index (χ0v) is 15.8. The SMILES string of the molecule is N#Cc1nc(-c2ccc(Cl)cc2)oc1N1C[C@@H]2C[C@@H](C1)c1cccc(=O)n1C2. The molecule has 28 heavy (non-hydrogen) atoms. The molecule has 1 fully saturated rings. The molecule has 4 heterocycles. The highest BCUT2D eigenvalue weighted by atomic mass is 35.5. The highest BCUT2D eigenvalue weighted by Crippen LogP contribution is 2.39. The number of piperidine rings is 1. The summed E-state index contributed by atoms with van der Waals surface area (Å²) in [5.41, 5.74) is 2.18. The van der Waals surface area contributed by atoms with Gasteiger partial charge in [-0.3, -0.25) is 4.79 Å². The fraction of sp³-hybridized carbons (Fsp3) is 0.286. The minimum Gasteiger partial charge on any atom is -0.419 e. The van der Waals surface area contributed by atoms with Crippen LogP contribution in [0.5, 0.6) is 0 Å². The summed E-state index contributed by atoms with van der Waals surface area (Å²) in [5, 5.41) is 10.2. The molecule has 2 atom stereocenters. The first-order chi connectivity index (χ1) is 13.6. The Bertz CT molecular complexity index is 1140. The quantitative estimate of drug-likeness (QED) is 0.665. The molecule has 0 aliphatic carbocycles. The van der Waals surface area contributed by atoms with Crippen molar-refractivity contribution in [2.45, 2.75) is 18.9 Å². The molecule has 7 heteroatoms. The number of oxazole rings is 1. The van der Waals surface area contributed by atoms with Crippen LogP contribution in [0.25, 0.3) is 11.5 Å². The molecular weight excluding hydrogens is 376 g/mol. The number of aromatic nitrogens is 2. The van der Waals surface area contributed by atoms with Crippen LogP contribution < -0.4 is 10.5 Å². The van der Waals surface area contributed by atoms with Gasteiger partial charge in [0.25, 0.3) is 5.56 Å². The molecule has 0 saturated carbocycles. The minimum atomic E-state index is 0.0584. The zero-order valence-electron chi connectivity index (χ0n) is 15.0. The summed E-state index contributed by atoms with van der Waals surface area (Å²) in [5.74, 6) is 1.49. The van der Waals surface area contributed by atoms with Crippen molar-refractivity contribution in [3.8, 4) is 17.5 Å². The number of pyridine rings is 1. The van der Waals surface area contributed by atoms with E-state index in [0.29, 0.717) is 35.8 Å². The van der Waals surface area contributed by atoms with E-state index in [1.165, 1.54) is 0 Å². The Hall–Kier alpha value is -3.04. The summed E-state index contributed by atoms with van der Waals surface area (Å²) in [6, 6.07) is 14.8. The lowest BCUT2D eigenvalue weighted by Gasteiger charge is -2.42. The Balaban J connectivity index is 1.50. The van der Waals surface area contributed by atoms with Crippen LogP contribution in [0.3, 0.4) is 0 Å². The van der Waals surface area contributed by atoms with E-state index < -0.39 is 0 Å². The van der Waals surface area contributed by atoms with Gasteiger partial charge in [0.05, 0.1) is 0 Å². The lowest BCUT2D eigenvalue weighted by atomic mass is 9.83. The van der Waals surface area contributed by atoms with Gasteiger partial charge in [0.15, 0.2) is 0 Å². The Labute approximate surface area is 166 Å². The Morgan fingerprint density at radius 2 is 1.96 bits per heavy atom. The van der Waals surface area contributed by atoms with E-state index in [1.54, 1.807) is 18.2 Å². The molecule has 0 amide bonds. The van der Waals surface area contributed by atoms with Gasteiger partial charge < -0.3 is 13.9 Å². The smallest absolute Gasteiger partial charge is 0.250 e. The lowest BCUT2D eigenvalue weighted by Crippen LogP contribution is -2.47. The molecule has 2 bridgehead atoms. The topological polar surface area (TPSA) is 75.1 Å². The molecular formula is C21H17ClN4O2. The predicted octanol–water partition coefficient (Wildman–Crippen LogP) is 3.65. The normalized spacial score (nSPS) is 20.5. The van der Waals surface area contributed by atoms with Crippen LogP contribution in [0.4, 0.5) is 5.88 Å². The molecule has 2 aliphatic rings. The molecule has 140 valence electrons. The van der Waals surface area contributed by atoms with Crippen LogP contribution in [-0.2, 0) is 6.54 Å². The number of nitrogens with zero attached hydrogens (tertiary/aromatic N) is 4. The molecule has 6 nitrogen and oxygen atoms in total. The van der Waals surface area contributed by atoms with Crippen molar-refractivity contribution in [1.82, 2.24) is 9.55 Å². The van der Waals surface area contributed by atoms with E-state index in [9.17, 15) is 10.1 Å². The second kappa shape index (κ2) is 6.54. The maximum atomic E-state index is 12.2. The van der Waals surface area contributed by atoms with Crippen molar-refractivity contribution in [1.29, 1.82) is 5.26 Å². The third-order valence-corrected chi connectivity index (χ3v) is 5.83. The Morgan fingerprint density at radius 3 is 2.75 bits per heavy atom. The average molecular weight is 393 g/mol. The Kier molecular flexibility index (Phi) is 3.99. The molecule has 5 rings (SSSR count). The van der Waals surface area contributed by atoms with E-state index in [-0.39, 0.29) is 17.2 Å². The van der Waals surface area contributed by atoms with Gasteiger partial charge >= 0.3 is 0 Å². The summed E-state index contributed by atoms with van der Waals surface area (Å²) >= 11 is 5.96. The number of benzene rings is 1. The number of halogens is 1. The molecule has 2 aliphatic heterocycles. The monoisotopic (exact) mass is 392 g/mol. The van der Waals surface area contributed by atoms with Crippen molar-refractivity contribution >= 4 is 17.5 Å². The lowest BCUT2D eigenvalue weighted by molar-refractivity contribution is 0.275. The fourth-order valence-corrected chi connectivity index (χ4v) is 4.50.